The fourth-order valence-corrected chi connectivity index (χ4v) is 8.23. The first-order chi connectivity index (χ1) is 21.8. The Kier molecular flexibility index (Phi) is 9.39. The van der Waals surface area contributed by atoms with Crippen LogP contribution in [0.25, 0.3) is 0 Å². The van der Waals surface area contributed by atoms with E-state index in [4.69, 9.17) is 14.2 Å². The average Bonchev–Trinajstić information content (AvgIpc) is 3.59. The van der Waals surface area contributed by atoms with Crippen LogP contribution >= 0.6 is 0 Å². The number of ether oxygens (including phenoxy) is 3. The summed E-state index contributed by atoms with van der Waals surface area (Å²) in [6, 6.07) is 22.6. The second kappa shape index (κ2) is 13.6. The van der Waals surface area contributed by atoms with Crippen molar-refractivity contribution in [3.63, 3.8) is 0 Å². The van der Waals surface area contributed by atoms with Crippen LogP contribution < -0.4 is 10.1 Å². The lowest BCUT2D eigenvalue weighted by molar-refractivity contribution is -0.144. The summed E-state index contributed by atoms with van der Waals surface area (Å²) in [5, 5.41) is 3.09. The van der Waals surface area contributed by atoms with Crippen LogP contribution in [-0.2, 0) is 30.9 Å². The van der Waals surface area contributed by atoms with E-state index in [2.05, 4.69) is 10.2 Å². The maximum Gasteiger partial charge on any atom is 0.408 e. The maximum atomic E-state index is 13.2. The summed E-state index contributed by atoms with van der Waals surface area (Å²) in [5.74, 6) is 0.480. The highest BCUT2D eigenvalue weighted by Gasteiger charge is 2.40. The van der Waals surface area contributed by atoms with Gasteiger partial charge in [0.1, 0.15) is 24.5 Å². The predicted octanol–water partition coefficient (Wildman–Crippen LogP) is 4.50. The topological polar surface area (TPSA) is 114 Å². The van der Waals surface area contributed by atoms with Crippen molar-refractivity contribution in [2.45, 2.75) is 55.4 Å². The van der Waals surface area contributed by atoms with Crippen molar-refractivity contribution >= 4 is 22.1 Å². The van der Waals surface area contributed by atoms with Gasteiger partial charge in [-0.2, -0.15) is 4.31 Å². The first kappa shape index (κ1) is 31.1. The van der Waals surface area contributed by atoms with Gasteiger partial charge in [0.2, 0.25) is 10.0 Å². The Labute approximate surface area is 264 Å². The minimum atomic E-state index is -3.85. The maximum absolute atomic E-state index is 13.2. The number of sulfonamides is 1. The standard InChI is InChI=1S/C34H39N3O7S/c1-42-33(38)30-11-6-18-37(30)45(40,41)29-14-12-24(13-15-29)23-43-28-10-5-9-27(21-28)32(26-7-3-2-4-8-26)35-34(39)44-31-22-36-19-16-25(31)17-20-36/h2-5,7-10,12-15,21,25,30-32H,6,11,16-20,22-23H2,1H3,(H,35,39)/t30?,31-,32?/m0/s1. The Morgan fingerprint density at radius 3 is 2.33 bits per heavy atom. The third-order valence-electron chi connectivity index (χ3n) is 9.05. The van der Waals surface area contributed by atoms with Crippen molar-refractivity contribution < 1.29 is 32.2 Å². The molecular formula is C34H39N3O7S. The van der Waals surface area contributed by atoms with E-state index < -0.39 is 34.2 Å². The summed E-state index contributed by atoms with van der Waals surface area (Å²) < 4.78 is 44.5. The summed E-state index contributed by atoms with van der Waals surface area (Å²) in [6.07, 6.45) is 2.64. The van der Waals surface area contributed by atoms with Crippen molar-refractivity contribution in [3.8, 4) is 5.75 Å². The molecule has 3 aromatic rings. The highest BCUT2D eigenvalue weighted by molar-refractivity contribution is 7.89. The zero-order chi connectivity index (χ0) is 31.4. The molecular weight excluding hydrogens is 594 g/mol. The van der Waals surface area contributed by atoms with Crippen molar-refractivity contribution in [1.82, 2.24) is 14.5 Å². The molecule has 10 nitrogen and oxygen atoms in total. The molecule has 1 amide bonds. The molecule has 4 saturated heterocycles. The number of methoxy groups -OCH3 is 1. The molecule has 2 unspecified atom stereocenters. The number of esters is 1. The lowest BCUT2D eigenvalue weighted by Gasteiger charge is -2.43. The lowest BCUT2D eigenvalue weighted by Crippen LogP contribution is -2.52. The number of piperidine rings is 3. The van der Waals surface area contributed by atoms with E-state index in [9.17, 15) is 18.0 Å². The second-order valence-corrected chi connectivity index (χ2v) is 13.8. The van der Waals surface area contributed by atoms with Gasteiger partial charge in [-0.05, 0) is 85.6 Å². The van der Waals surface area contributed by atoms with Gasteiger partial charge >= 0.3 is 12.1 Å². The van der Waals surface area contributed by atoms with E-state index in [1.807, 2.05) is 54.6 Å². The molecule has 238 valence electrons. The van der Waals surface area contributed by atoms with E-state index in [-0.39, 0.29) is 24.2 Å². The quantitative estimate of drug-likeness (QED) is 0.325. The van der Waals surface area contributed by atoms with Gasteiger partial charge in [-0.25, -0.2) is 13.2 Å². The first-order valence-electron chi connectivity index (χ1n) is 15.5. The Morgan fingerprint density at radius 2 is 1.64 bits per heavy atom. The summed E-state index contributed by atoms with van der Waals surface area (Å²) in [7, 11) is -2.58. The van der Waals surface area contributed by atoms with Gasteiger partial charge in [0.05, 0.1) is 18.0 Å². The van der Waals surface area contributed by atoms with Crippen LogP contribution in [0.2, 0.25) is 0 Å². The van der Waals surface area contributed by atoms with Gasteiger partial charge in [-0.3, -0.25) is 9.69 Å². The van der Waals surface area contributed by atoms with Crippen LogP contribution in [0.4, 0.5) is 4.79 Å². The average molecular weight is 634 g/mol. The van der Waals surface area contributed by atoms with Crippen LogP contribution in [0, 0.1) is 5.92 Å². The molecule has 3 atom stereocenters. The number of rotatable bonds is 10. The molecule has 4 aliphatic rings. The molecule has 0 aromatic heterocycles. The molecule has 7 rings (SSSR count). The van der Waals surface area contributed by atoms with Crippen molar-refractivity contribution in [1.29, 1.82) is 0 Å². The zero-order valence-electron chi connectivity index (χ0n) is 25.3. The number of alkyl carbamates (subject to hydrolysis) is 1. The molecule has 2 bridgehead atoms. The van der Waals surface area contributed by atoms with Gasteiger partial charge in [0, 0.05) is 13.1 Å². The van der Waals surface area contributed by atoms with Crippen molar-refractivity contribution in [2.24, 2.45) is 5.92 Å². The van der Waals surface area contributed by atoms with Crippen LogP contribution in [-0.4, -0.2) is 75.1 Å². The molecule has 0 saturated carbocycles. The van der Waals surface area contributed by atoms with Crippen molar-refractivity contribution in [2.75, 3.05) is 33.3 Å². The number of hydrogen-bond donors (Lipinski definition) is 1. The van der Waals surface area contributed by atoms with Crippen LogP contribution in [0.5, 0.6) is 5.75 Å². The number of fused-ring (bicyclic) bond motifs is 3. The highest BCUT2D eigenvalue weighted by Crippen LogP contribution is 2.31. The third-order valence-corrected chi connectivity index (χ3v) is 11.0. The van der Waals surface area contributed by atoms with Crippen LogP contribution in [0.3, 0.4) is 0 Å². The minimum absolute atomic E-state index is 0.0930. The van der Waals surface area contributed by atoms with E-state index in [0.717, 1.165) is 49.2 Å². The Morgan fingerprint density at radius 1 is 0.911 bits per heavy atom. The van der Waals surface area contributed by atoms with Gasteiger partial charge in [0.15, 0.2) is 0 Å². The number of benzene rings is 3. The van der Waals surface area contributed by atoms with E-state index in [0.29, 0.717) is 24.5 Å². The van der Waals surface area contributed by atoms with Gasteiger partial charge in [-0.1, -0.05) is 54.6 Å². The summed E-state index contributed by atoms with van der Waals surface area (Å²) >= 11 is 0. The Hall–Kier alpha value is -3.93. The summed E-state index contributed by atoms with van der Waals surface area (Å²) in [5.41, 5.74) is 2.55. The van der Waals surface area contributed by atoms with Gasteiger partial charge in [0.25, 0.3) is 0 Å². The van der Waals surface area contributed by atoms with E-state index in [1.165, 1.54) is 23.5 Å². The monoisotopic (exact) mass is 633 g/mol. The fourth-order valence-electron chi connectivity index (χ4n) is 6.58. The molecule has 0 radical (unpaired) electrons. The molecule has 1 N–H and O–H groups in total. The smallest absolute Gasteiger partial charge is 0.408 e. The third kappa shape index (κ3) is 7.00. The minimum Gasteiger partial charge on any atom is -0.489 e. The van der Waals surface area contributed by atoms with Gasteiger partial charge in [-0.15, -0.1) is 0 Å². The first-order valence-corrected chi connectivity index (χ1v) is 16.9. The normalized spacial score (nSPS) is 23.7. The van der Waals surface area contributed by atoms with Crippen LogP contribution in [0.15, 0.2) is 83.8 Å². The molecule has 3 aromatic carbocycles. The van der Waals surface area contributed by atoms with E-state index in [1.54, 1.807) is 12.1 Å². The molecule has 4 aliphatic heterocycles. The molecule has 4 fully saturated rings. The fraction of sp³-hybridized carbons (Fsp3) is 0.412. The predicted molar refractivity (Wildman–Crippen MR) is 167 cm³/mol. The molecule has 0 spiro atoms. The van der Waals surface area contributed by atoms with Crippen molar-refractivity contribution in [3.05, 3.63) is 95.6 Å². The zero-order valence-corrected chi connectivity index (χ0v) is 26.2. The Balaban J connectivity index is 1.12. The van der Waals surface area contributed by atoms with E-state index >= 15 is 0 Å². The second-order valence-electron chi connectivity index (χ2n) is 11.9. The molecule has 0 aliphatic carbocycles. The number of carbonyl (C=O) groups excluding carboxylic acids is 2. The molecule has 11 heteroatoms. The number of carbonyl (C=O) groups is 2. The number of nitrogens with zero attached hydrogens (tertiary/aromatic N) is 2. The number of hydrogen-bond acceptors (Lipinski definition) is 8. The van der Waals surface area contributed by atoms with Gasteiger partial charge < -0.3 is 19.5 Å². The largest absolute Gasteiger partial charge is 0.489 e. The summed E-state index contributed by atoms with van der Waals surface area (Å²) in [4.78, 5) is 27.7. The van der Waals surface area contributed by atoms with Crippen LogP contribution in [0.1, 0.15) is 48.4 Å². The Bertz CT molecular complexity index is 1590. The molecule has 45 heavy (non-hydrogen) atoms. The number of amides is 1. The molecule has 4 heterocycles. The highest BCUT2D eigenvalue weighted by atomic mass is 32.2. The SMILES string of the molecule is COC(=O)C1CCCN1S(=O)(=O)c1ccc(COc2cccc(C(NC(=O)O[C@H]3CN4CCC3CC4)c3ccccc3)c2)cc1. The summed E-state index contributed by atoms with van der Waals surface area (Å²) in [6.45, 7) is 3.43. The lowest BCUT2D eigenvalue weighted by atomic mass is 9.86. The number of nitrogens with one attached hydrogen (secondary N) is 1.